The third-order valence-corrected chi connectivity index (χ3v) is 8.95. The number of non-ortho nitro benzene ring substituents is 1. The molecule has 2 aromatic heterocycles. The third-order valence-electron chi connectivity index (χ3n) is 8.95. The molecule has 2 aliphatic rings. The minimum Gasteiger partial charge on any atom is -0.464 e. The van der Waals surface area contributed by atoms with E-state index in [1.807, 2.05) is 47.1 Å². The summed E-state index contributed by atoms with van der Waals surface area (Å²) < 4.78 is 9.26. The number of aryl methyl sites for hydroxylation is 1. The van der Waals surface area contributed by atoms with Gasteiger partial charge in [-0.1, -0.05) is 49.8 Å². The SMILES string of the molecule is CCOC(=O)C1(n2cc(C3=C(c4cn(C)c5cc([N+](=O)[O-])ccc45)C(=O)NC3=O)c3ccccc32)C=CC=C(CN(CC)CC)C1.Cl. The van der Waals surface area contributed by atoms with E-state index in [0.29, 0.717) is 45.9 Å². The molecule has 0 bridgehead atoms. The molecule has 2 amide bonds. The molecule has 0 radical (unpaired) electrons. The maximum Gasteiger partial charge on any atom is 0.336 e. The van der Waals surface area contributed by atoms with Crippen LogP contribution < -0.4 is 5.32 Å². The van der Waals surface area contributed by atoms with Gasteiger partial charge in [0.05, 0.1) is 28.2 Å². The smallest absolute Gasteiger partial charge is 0.336 e. The Labute approximate surface area is 277 Å². The van der Waals surface area contributed by atoms with Gasteiger partial charge in [-0.05, 0) is 38.2 Å². The highest BCUT2D eigenvalue weighted by molar-refractivity contribution is 6.50. The van der Waals surface area contributed by atoms with Crippen LogP contribution in [-0.4, -0.2) is 63.0 Å². The molecule has 2 aromatic carbocycles. The molecule has 12 heteroatoms. The molecule has 1 unspecified atom stereocenters. The number of hydrogen-bond acceptors (Lipinski definition) is 7. The molecule has 3 heterocycles. The molecule has 1 atom stereocenters. The number of hydrogen-bond donors (Lipinski definition) is 1. The van der Waals surface area contributed by atoms with Crippen molar-refractivity contribution in [2.75, 3.05) is 26.2 Å². The average Bonchev–Trinajstić information content (AvgIpc) is 3.69. The molecule has 47 heavy (non-hydrogen) atoms. The van der Waals surface area contributed by atoms with Gasteiger partial charge in [-0.15, -0.1) is 12.4 Å². The van der Waals surface area contributed by atoms with Gasteiger partial charge in [0.1, 0.15) is 0 Å². The number of fused-ring (bicyclic) bond motifs is 2. The van der Waals surface area contributed by atoms with Gasteiger partial charge in [0.2, 0.25) is 0 Å². The highest BCUT2D eigenvalue weighted by Crippen LogP contribution is 2.43. The van der Waals surface area contributed by atoms with Crippen LogP contribution in [0, 0.1) is 10.1 Å². The Morgan fingerprint density at radius 1 is 1.00 bits per heavy atom. The van der Waals surface area contributed by atoms with Crippen molar-refractivity contribution in [3.8, 4) is 0 Å². The molecule has 0 saturated heterocycles. The summed E-state index contributed by atoms with van der Waals surface area (Å²) in [5.41, 5.74) is 2.31. The second-order valence-electron chi connectivity index (χ2n) is 11.5. The lowest BCUT2D eigenvalue weighted by molar-refractivity contribution is -0.384. The molecular formula is C35H36ClN5O6. The molecule has 0 fully saturated rings. The van der Waals surface area contributed by atoms with E-state index in [9.17, 15) is 24.5 Å². The van der Waals surface area contributed by atoms with Crippen molar-refractivity contribution in [3.63, 3.8) is 0 Å². The first-order chi connectivity index (χ1) is 22.1. The van der Waals surface area contributed by atoms with Crippen LogP contribution in [-0.2, 0) is 31.7 Å². The van der Waals surface area contributed by atoms with Gasteiger partial charge in [0.15, 0.2) is 5.54 Å². The number of nitrogens with one attached hydrogen (secondary N) is 1. The number of likely N-dealkylation sites (N-methyl/N-ethyl adjacent to an activating group) is 1. The standard InChI is InChI=1S/C35H35N5O6.ClH/c1-5-38(6-2)19-22-11-10-16-35(18-22,34(43)46-7-3)39-21-27(24-12-8-9-13-28(24)39)31-30(32(41)36-33(31)42)26-20-37(4)29-17-23(40(44)45)14-15-25(26)29;/h8-17,20-21H,5-7,18-19H2,1-4H3,(H,36,41,42);1H. The summed E-state index contributed by atoms with van der Waals surface area (Å²) in [4.78, 5) is 54.3. The Bertz CT molecular complexity index is 2030. The number of allylic oxidation sites excluding steroid dienone is 2. The van der Waals surface area contributed by atoms with Crippen LogP contribution in [0.3, 0.4) is 0 Å². The molecule has 1 aliphatic carbocycles. The summed E-state index contributed by atoms with van der Waals surface area (Å²) in [6.45, 7) is 8.59. The Hall–Kier alpha value is -5.00. The van der Waals surface area contributed by atoms with Gasteiger partial charge < -0.3 is 13.9 Å². The molecule has 4 aromatic rings. The van der Waals surface area contributed by atoms with E-state index in [1.54, 1.807) is 37.0 Å². The molecule has 11 nitrogen and oxygen atoms in total. The third kappa shape index (κ3) is 5.55. The number of carbonyl (C=O) groups excluding carboxylic acids is 3. The van der Waals surface area contributed by atoms with Crippen LogP contribution in [0.5, 0.6) is 0 Å². The number of para-hydroxylation sites is 1. The largest absolute Gasteiger partial charge is 0.464 e. The summed E-state index contributed by atoms with van der Waals surface area (Å²) >= 11 is 0. The highest BCUT2D eigenvalue weighted by atomic mass is 35.5. The number of amides is 2. The van der Waals surface area contributed by atoms with E-state index in [4.69, 9.17) is 4.74 Å². The molecule has 0 spiro atoms. The number of imide groups is 1. The van der Waals surface area contributed by atoms with E-state index in [1.165, 1.54) is 12.1 Å². The van der Waals surface area contributed by atoms with E-state index < -0.39 is 28.2 Å². The minimum atomic E-state index is -1.23. The van der Waals surface area contributed by atoms with Gasteiger partial charge in [-0.3, -0.25) is 29.9 Å². The monoisotopic (exact) mass is 657 g/mol. The topological polar surface area (TPSA) is 129 Å². The predicted molar refractivity (Wildman–Crippen MR) is 183 cm³/mol. The van der Waals surface area contributed by atoms with E-state index >= 15 is 0 Å². The Balaban J connectivity index is 0.00000433. The fourth-order valence-corrected chi connectivity index (χ4v) is 6.67. The number of nitro groups is 1. The summed E-state index contributed by atoms with van der Waals surface area (Å²) in [5.74, 6) is -1.54. The quantitative estimate of drug-likeness (QED) is 0.103. The van der Waals surface area contributed by atoms with Crippen LogP contribution in [0.2, 0.25) is 0 Å². The first-order valence-corrected chi connectivity index (χ1v) is 15.3. The Morgan fingerprint density at radius 3 is 2.32 bits per heavy atom. The van der Waals surface area contributed by atoms with Crippen LogP contribution in [0.15, 0.2) is 78.7 Å². The lowest BCUT2D eigenvalue weighted by atomic mass is 9.85. The van der Waals surface area contributed by atoms with Crippen LogP contribution in [0.1, 0.15) is 38.3 Å². The number of benzene rings is 2. The zero-order valence-electron chi connectivity index (χ0n) is 26.6. The average molecular weight is 658 g/mol. The molecular weight excluding hydrogens is 622 g/mol. The number of nitrogens with zero attached hydrogens (tertiary/aromatic N) is 4. The van der Waals surface area contributed by atoms with Crippen molar-refractivity contribution in [3.05, 3.63) is 99.9 Å². The molecule has 6 rings (SSSR count). The maximum absolute atomic E-state index is 14.0. The first kappa shape index (κ1) is 33.4. The predicted octanol–water partition coefficient (Wildman–Crippen LogP) is 5.52. The number of carbonyl (C=O) groups is 3. The maximum atomic E-state index is 14.0. The number of ether oxygens (including phenoxy) is 1. The fourth-order valence-electron chi connectivity index (χ4n) is 6.67. The lowest BCUT2D eigenvalue weighted by Crippen LogP contribution is -2.43. The van der Waals surface area contributed by atoms with Gasteiger partial charge in [0.25, 0.3) is 17.5 Å². The van der Waals surface area contributed by atoms with E-state index in [2.05, 4.69) is 24.1 Å². The zero-order chi connectivity index (χ0) is 32.7. The van der Waals surface area contributed by atoms with E-state index in [-0.39, 0.29) is 35.8 Å². The number of halogens is 1. The number of esters is 1. The van der Waals surface area contributed by atoms with Crippen LogP contribution in [0.4, 0.5) is 5.69 Å². The minimum absolute atomic E-state index is 0. The molecule has 244 valence electrons. The number of nitro benzene ring substituents is 1. The Morgan fingerprint density at radius 2 is 1.66 bits per heavy atom. The van der Waals surface area contributed by atoms with Crippen molar-refractivity contribution in [1.82, 2.24) is 19.4 Å². The first-order valence-electron chi connectivity index (χ1n) is 15.3. The van der Waals surface area contributed by atoms with Gasteiger partial charge in [-0.2, -0.15) is 0 Å². The van der Waals surface area contributed by atoms with Crippen LogP contribution in [0.25, 0.3) is 33.0 Å². The second kappa shape index (κ2) is 13.0. The van der Waals surface area contributed by atoms with Gasteiger partial charge >= 0.3 is 5.97 Å². The summed E-state index contributed by atoms with van der Waals surface area (Å²) in [7, 11) is 1.73. The zero-order valence-corrected chi connectivity index (χ0v) is 27.4. The Kier molecular flexibility index (Phi) is 9.24. The van der Waals surface area contributed by atoms with Crippen LogP contribution >= 0.6 is 12.4 Å². The van der Waals surface area contributed by atoms with Crippen molar-refractivity contribution in [1.29, 1.82) is 0 Å². The normalized spacial score (nSPS) is 17.8. The van der Waals surface area contributed by atoms with Gasteiger partial charge in [0, 0.05) is 72.0 Å². The van der Waals surface area contributed by atoms with Crippen molar-refractivity contribution < 1.29 is 24.0 Å². The molecule has 1 N–H and O–H groups in total. The fraction of sp³-hybridized carbons (Fsp3) is 0.286. The van der Waals surface area contributed by atoms with Crippen molar-refractivity contribution >= 4 is 68.8 Å². The van der Waals surface area contributed by atoms with E-state index in [0.717, 1.165) is 18.7 Å². The summed E-state index contributed by atoms with van der Waals surface area (Å²) in [5, 5.41) is 15.2. The molecule has 1 aliphatic heterocycles. The van der Waals surface area contributed by atoms with Crippen molar-refractivity contribution in [2.45, 2.75) is 32.7 Å². The van der Waals surface area contributed by atoms with Gasteiger partial charge in [-0.25, -0.2) is 4.79 Å². The second-order valence-corrected chi connectivity index (χ2v) is 11.5. The van der Waals surface area contributed by atoms with Crippen molar-refractivity contribution in [2.24, 2.45) is 7.05 Å². The summed E-state index contributed by atoms with van der Waals surface area (Å²) in [6.07, 6.45) is 9.62. The molecule has 0 saturated carbocycles. The lowest BCUT2D eigenvalue weighted by Gasteiger charge is -2.35. The number of aromatic nitrogens is 2. The summed E-state index contributed by atoms with van der Waals surface area (Å²) in [6, 6.07) is 11.9. The highest BCUT2D eigenvalue weighted by Gasteiger charge is 2.44. The number of rotatable bonds is 10.